The quantitative estimate of drug-likeness (QED) is 0.597. The molecule has 2 aromatic carbocycles. The van der Waals surface area contributed by atoms with Gasteiger partial charge in [-0.1, -0.05) is 18.2 Å². The van der Waals surface area contributed by atoms with Gasteiger partial charge in [-0.3, -0.25) is 0 Å². The number of rotatable bonds is 4. The molecule has 2 aromatic rings. The Labute approximate surface area is 163 Å². The van der Waals surface area contributed by atoms with Gasteiger partial charge in [-0.05, 0) is 42.3 Å². The summed E-state index contributed by atoms with van der Waals surface area (Å²) in [7, 11) is 0. The number of halogens is 4. The average Bonchev–Trinajstić information content (AvgIpc) is 2.39. The fourth-order valence-corrected chi connectivity index (χ4v) is 1.74. The normalized spacial score (nSPS) is 10.9. The van der Waals surface area contributed by atoms with E-state index in [-0.39, 0.29) is 63.8 Å². The predicted molar refractivity (Wildman–Crippen MR) is 70.6 cm³/mol. The van der Waals surface area contributed by atoms with Crippen LogP contribution in [0.15, 0.2) is 42.5 Å². The third kappa shape index (κ3) is 5.41. The maximum atomic E-state index is 13.1. The third-order valence-electron chi connectivity index (χ3n) is 2.96. The van der Waals surface area contributed by atoms with Gasteiger partial charge < -0.3 is 17.7 Å². The van der Waals surface area contributed by atoms with Crippen molar-refractivity contribution in [3.05, 3.63) is 59.4 Å². The van der Waals surface area contributed by atoms with Crippen LogP contribution in [0.2, 0.25) is 0 Å². The van der Waals surface area contributed by atoms with Crippen LogP contribution in [0, 0.1) is 12.7 Å². The van der Waals surface area contributed by atoms with Crippen molar-refractivity contribution < 1.29 is 73.5 Å². The number of ether oxygens (including phenoxy) is 1. The predicted octanol–water partition coefficient (Wildman–Crippen LogP) is 0.772. The Hall–Kier alpha value is -0.339. The molecule has 21 heavy (non-hydrogen) atoms. The van der Waals surface area contributed by atoms with Crippen LogP contribution in [-0.4, -0.2) is 6.98 Å². The summed E-state index contributed by atoms with van der Waals surface area (Å²) in [5.74, 6) is -0.0539. The maximum absolute atomic E-state index is 13.1. The van der Waals surface area contributed by atoms with Crippen molar-refractivity contribution in [1.82, 2.24) is 0 Å². The molecule has 0 fully saturated rings. The summed E-state index contributed by atoms with van der Waals surface area (Å²) in [6.07, 6.45) is 0. The molecule has 2 rings (SSSR count). The fourth-order valence-electron chi connectivity index (χ4n) is 1.74. The van der Waals surface area contributed by atoms with Crippen LogP contribution in [-0.2, 0) is 6.61 Å². The Bertz CT molecular complexity index is 599. The molecule has 0 spiro atoms. The van der Waals surface area contributed by atoms with Crippen molar-refractivity contribution in [2.75, 3.05) is 0 Å². The number of hydrogen-bond acceptors (Lipinski definition) is 1. The molecule has 0 N–H and O–H groups in total. The van der Waals surface area contributed by atoms with Gasteiger partial charge >= 0.3 is 58.4 Å². The first-order valence-electron chi connectivity index (χ1n) is 6.04. The molecular formula is C14H12BF4KO. The second-order valence-corrected chi connectivity index (χ2v) is 4.50. The summed E-state index contributed by atoms with van der Waals surface area (Å²) >= 11 is 0. The minimum atomic E-state index is -4.99. The second-order valence-electron chi connectivity index (χ2n) is 4.50. The summed E-state index contributed by atoms with van der Waals surface area (Å²) in [5, 5.41) is 0. The molecule has 0 heterocycles. The molecule has 0 aromatic heterocycles. The minimum Gasteiger partial charge on any atom is -0.489 e. The molecule has 0 unspecified atom stereocenters. The smallest absolute Gasteiger partial charge is 0.489 e. The Balaban J connectivity index is 0.00000220. The molecule has 0 radical (unpaired) electrons. The van der Waals surface area contributed by atoms with Gasteiger partial charge in [-0.25, -0.2) is 4.39 Å². The Morgan fingerprint density at radius 3 is 2.19 bits per heavy atom. The molecule has 7 heteroatoms. The molecule has 0 saturated heterocycles. The topological polar surface area (TPSA) is 9.23 Å². The Morgan fingerprint density at radius 2 is 1.62 bits per heavy atom. The van der Waals surface area contributed by atoms with Gasteiger partial charge in [0.05, 0.1) is 0 Å². The van der Waals surface area contributed by atoms with Crippen LogP contribution in [0.5, 0.6) is 5.75 Å². The monoisotopic (exact) mass is 322 g/mol. The van der Waals surface area contributed by atoms with E-state index in [2.05, 4.69) is 0 Å². The van der Waals surface area contributed by atoms with Gasteiger partial charge in [-0.2, -0.15) is 0 Å². The van der Waals surface area contributed by atoms with Crippen LogP contribution in [0.1, 0.15) is 11.1 Å². The van der Waals surface area contributed by atoms with Crippen LogP contribution < -0.4 is 61.6 Å². The van der Waals surface area contributed by atoms with E-state index in [1.54, 1.807) is 6.07 Å². The minimum absolute atomic E-state index is 0. The van der Waals surface area contributed by atoms with Crippen molar-refractivity contribution in [2.24, 2.45) is 0 Å². The third-order valence-corrected chi connectivity index (χ3v) is 2.96. The molecule has 0 saturated carbocycles. The summed E-state index contributed by atoms with van der Waals surface area (Å²) in [5.41, 5.74) is 0.857. The standard InChI is InChI=1S/C14H12BF4O.K/c1-10-2-5-13(16)8-11(10)9-20-14-6-3-12(4-7-14)15(17,18)19;/h2-8H,9H2,1H3;/q-1;+1. The van der Waals surface area contributed by atoms with Gasteiger partial charge in [0.15, 0.2) is 0 Å². The van der Waals surface area contributed by atoms with Gasteiger partial charge in [0.2, 0.25) is 0 Å². The first-order chi connectivity index (χ1) is 9.36. The van der Waals surface area contributed by atoms with E-state index in [0.717, 1.165) is 17.7 Å². The molecule has 0 aliphatic carbocycles. The van der Waals surface area contributed by atoms with Gasteiger partial charge in [0, 0.05) is 0 Å². The van der Waals surface area contributed by atoms with Crippen molar-refractivity contribution in [3.8, 4) is 5.75 Å². The molecule has 106 valence electrons. The zero-order chi connectivity index (χ0) is 14.8. The molecule has 0 amide bonds. The van der Waals surface area contributed by atoms with E-state index in [1.165, 1.54) is 24.3 Å². The van der Waals surface area contributed by atoms with E-state index in [0.29, 0.717) is 11.3 Å². The second kappa shape index (κ2) is 7.78. The zero-order valence-electron chi connectivity index (χ0n) is 11.7. The molecule has 1 nitrogen and oxygen atoms in total. The van der Waals surface area contributed by atoms with Crippen molar-refractivity contribution >= 4 is 12.4 Å². The number of benzene rings is 2. The van der Waals surface area contributed by atoms with Crippen LogP contribution in [0.25, 0.3) is 0 Å². The van der Waals surface area contributed by atoms with Gasteiger partial charge in [0.1, 0.15) is 18.2 Å². The van der Waals surface area contributed by atoms with Crippen LogP contribution in [0.3, 0.4) is 0 Å². The fraction of sp³-hybridized carbons (Fsp3) is 0.143. The van der Waals surface area contributed by atoms with Crippen LogP contribution in [0.4, 0.5) is 17.3 Å². The Kier molecular flexibility index (Phi) is 6.93. The van der Waals surface area contributed by atoms with Crippen molar-refractivity contribution in [1.29, 1.82) is 0 Å². The molecule has 0 atom stereocenters. The van der Waals surface area contributed by atoms with E-state index in [4.69, 9.17) is 4.74 Å². The SMILES string of the molecule is Cc1ccc(F)cc1COc1ccc([B-](F)(F)F)cc1.[K+]. The van der Waals surface area contributed by atoms with E-state index in [1.807, 2.05) is 6.92 Å². The molecule has 0 aliphatic heterocycles. The van der Waals surface area contributed by atoms with E-state index in [9.17, 15) is 17.3 Å². The number of hydrogen-bond donors (Lipinski definition) is 0. The summed E-state index contributed by atoms with van der Waals surface area (Å²) in [4.78, 5) is 0. The summed E-state index contributed by atoms with van der Waals surface area (Å²) in [6, 6.07) is 8.81. The van der Waals surface area contributed by atoms with Crippen molar-refractivity contribution in [2.45, 2.75) is 13.5 Å². The molecule has 0 aliphatic rings. The van der Waals surface area contributed by atoms with E-state index < -0.39 is 12.4 Å². The largest absolute Gasteiger partial charge is 1.00 e. The van der Waals surface area contributed by atoms with Gasteiger partial charge in [0.25, 0.3) is 0 Å². The molecule has 0 bridgehead atoms. The summed E-state index contributed by atoms with van der Waals surface area (Å²) in [6.45, 7) is -3.07. The van der Waals surface area contributed by atoms with Crippen LogP contribution >= 0.6 is 0 Å². The first-order valence-corrected chi connectivity index (χ1v) is 6.04. The van der Waals surface area contributed by atoms with Crippen molar-refractivity contribution in [3.63, 3.8) is 0 Å². The Morgan fingerprint density at radius 1 is 1.00 bits per heavy atom. The number of aryl methyl sites for hydroxylation is 1. The van der Waals surface area contributed by atoms with E-state index >= 15 is 0 Å². The molecular weight excluding hydrogens is 310 g/mol. The van der Waals surface area contributed by atoms with Gasteiger partial charge in [-0.15, -0.1) is 5.46 Å². The summed E-state index contributed by atoms with van der Waals surface area (Å²) < 4.78 is 55.8. The average molecular weight is 322 g/mol. The zero-order valence-corrected chi connectivity index (χ0v) is 14.9. The maximum Gasteiger partial charge on any atom is 1.00 e. The first kappa shape index (κ1) is 18.7.